The van der Waals surface area contributed by atoms with Crippen molar-refractivity contribution in [1.82, 2.24) is 5.32 Å². The van der Waals surface area contributed by atoms with Gasteiger partial charge in [0.05, 0.1) is 6.07 Å². The van der Waals surface area contributed by atoms with E-state index in [1.54, 1.807) is 6.92 Å². The molecule has 0 saturated carbocycles. The molecule has 0 fully saturated rings. The van der Waals surface area contributed by atoms with Gasteiger partial charge >= 0.3 is 0 Å². The highest BCUT2D eigenvalue weighted by Gasteiger charge is 2.30. The standard InChI is InChI=1S/C17H24N2O2/c1-11(2)17(6,10-18)19-15(20)9-21-16-13(4)7-12(3)8-14(16)5/h7-8,11H,9H2,1-6H3,(H,19,20)/t17-/m1/s1. The van der Waals surface area contributed by atoms with Crippen LogP contribution in [0.3, 0.4) is 0 Å². The van der Waals surface area contributed by atoms with Crippen molar-refractivity contribution in [2.24, 2.45) is 5.92 Å². The summed E-state index contributed by atoms with van der Waals surface area (Å²) < 4.78 is 5.63. The van der Waals surface area contributed by atoms with Gasteiger partial charge in [0.2, 0.25) is 0 Å². The monoisotopic (exact) mass is 288 g/mol. The van der Waals surface area contributed by atoms with Crippen LogP contribution >= 0.6 is 0 Å². The molecule has 1 rings (SSSR count). The third-order valence-corrected chi connectivity index (χ3v) is 3.74. The summed E-state index contributed by atoms with van der Waals surface area (Å²) >= 11 is 0. The molecule has 0 aliphatic rings. The molecule has 1 aromatic rings. The van der Waals surface area contributed by atoms with E-state index in [1.165, 1.54) is 5.56 Å². The Balaban J connectivity index is 2.73. The van der Waals surface area contributed by atoms with Crippen molar-refractivity contribution in [3.63, 3.8) is 0 Å². The number of ether oxygens (including phenoxy) is 1. The second kappa shape index (κ2) is 6.62. The quantitative estimate of drug-likeness (QED) is 0.905. The van der Waals surface area contributed by atoms with Crippen molar-refractivity contribution in [1.29, 1.82) is 5.26 Å². The number of carbonyl (C=O) groups is 1. The van der Waals surface area contributed by atoms with E-state index in [9.17, 15) is 10.1 Å². The lowest BCUT2D eigenvalue weighted by Crippen LogP contribution is -2.50. The number of hydrogen-bond donors (Lipinski definition) is 1. The second-order valence-corrected chi connectivity index (χ2v) is 6.03. The molecule has 4 nitrogen and oxygen atoms in total. The predicted octanol–water partition coefficient (Wildman–Crippen LogP) is 3.05. The Kier molecular flexibility index (Phi) is 5.37. The van der Waals surface area contributed by atoms with Gasteiger partial charge in [0.25, 0.3) is 5.91 Å². The van der Waals surface area contributed by atoms with Gasteiger partial charge in [-0.25, -0.2) is 0 Å². The van der Waals surface area contributed by atoms with Crippen molar-refractivity contribution < 1.29 is 9.53 Å². The summed E-state index contributed by atoms with van der Waals surface area (Å²) in [5.41, 5.74) is 2.30. The van der Waals surface area contributed by atoms with Crippen molar-refractivity contribution in [3.05, 3.63) is 28.8 Å². The van der Waals surface area contributed by atoms with Crippen LogP contribution in [0.4, 0.5) is 0 Å². The Morgan fingerprint density at radius 3 is 2.29 bits per heavy atom. The van der Waals surface area contributed by atoms with E-state index in [0.29, 0.717) is 0 Å². The molecule has 0 aliphatic carbocycles. The number of nitrogens with one attached hydrogen (secondary N) is 1. The molecule has 0 spiro atoms. The topological polar surface area (TPSA) is 62.1 Å². The van der Waals surface area contributed by atoms with E-state index >= 15 is 0 Å². The summed E-state index contributed by atoms with van der Waals surface area (Å²) in [7, 11) is 0. The van der Waals surface area contributed by atoms with Gasteiger partial charge in [-0.15, -0.1) is 0 Å². The summed E-state index contributed by atoms with van der Waals surface area (Å²) in [5, 5.41) is 11.9. The molecule has 1 amide bonds. The average Bonchev–Trinajstić information content (AvgIpc) is 2.36. The van der Waals surface area contributed by atoms with Crippen molar-refractivity contribution in [2.45, 2.75) is 47.1 Å². The minimum atomic E-state index is -0.877. The van der Waals surface area contributed by atoms with E-state index in [2.05, 4.69) is 11.4 Å². The maximum atomic E-state index is 12.0. The second-order valence-electron chi connectivity index (χ2n) is 6.03. The van der Waals surface area contributed by atoms with Crippen LogP contribution in [0.1, 0.15) is 37.5 Å². The minimum absolute atomic E-state index is 0.0225. The first-order valence-electron chi connectivity index (χ1n) is 7.12. The molecule has 0 heterocycles. The zero-order valence-corrected chi connectivity index (χ0v) is 13.7. The number of benzene rings is 1. The normalized spacial score (nSPS) is 13.4. The minimum Gasteiger partial charge on any atom is -0.483 e. The van der Waals surface area contributed by atoms with Crippen molar-refractivity contribution >= 4 is 5.91 Å². The summed E-state index contributed by atoms with van der Waals surface area (Å²) in [5.74, 6) is 0.473. The van der Waals surface area contributed by atoms with Crippen LogP contribution in [0.15, 0.2) is 12.1 Å². The van der Waals surface area contributed by atoms with Crippen LogP contribution in [-0.4, -0.2) is 18.1 Å². The Morgan fingerprint density at radius 2 is 1.86 bits per heavy atom. The molecule has 21 heavy (non-hydrogen) atoms. The Morgan fingerprint density at radius 1 is 1.33 bits per heavy atom. The number of nitriles is 1. The van der Waals surface area contributed by atoms with Crippen molar-refractivity contribution in [2.75, 3.05) is 6.61 Å². The summed E-state index contributed by atoms with van der Waals surface area (Å²) in [4.78, 5) is 12.0. The first kappa shape index (κ1) is 17.0. The number of hydrogen-bond acceptors (Lipinski definition) is 3. The number of nitrogens with zero attached hydrogens (tertiary/aromatic N) is 1. The van der Waals surface area contributed by atoms with Gasteiger partial charge in [0, 0.05) is 0 Å². The van der Waals surface area contributed by atoms with Gasteiger partial charge in [-0.3, -0.25) is 4.79 Å². The van der Waals surface area contributed by atoms with Gasteiger partial charge in [-0.05, 0) is 44.7 Å². The molecule has 1 aromatic carbocycles. The summed E-state index contributed by atoms with van der Waals surface area (Å²) in [6.07, 6.45) is 0. The zero-order valence-electron chi connectivity index (χ0n) is 13.7. The lowest BCUT2D eigenvalue weighted by Gasteiger charge is -2.27. The van der Waals surface area contributed by atoms with E-state index in [0.717, 1.165) is 16.9 Å². The van der Waals surface area contributed by atoms with Gasteiger partial charge < -0.3 is 10.1 Å². The molecule has 1 atom stereocenters. The number of carbonyl (C=O) groups excluding carboxylic acids is 1. The Labute approximate surface area is 127 Å². The maximum Gasteiger partial charge on any atom is 0.259 e. The van der Waals surface area contributed by atoms with Crippen molar-refractivity contribution in [3.8, 4) is 11.8 Å². The number of rotatable bonds is 5. The third-order valence-electron chi connectivity index (χ3n) is 3.74. The molecule has 4 heteroatoms. The fraction of sp³-hybridized carbons (Fsp3) is 0.529. The van der Waals surface area contributed by atoms with Crippen LogP contribution in [0.25, 0.3) is 0 Å². The molecule has 0 aliphatic heterocycles. The van der Waals surface area contributed by atoms with E-state index < -0.39 is 5.54 Å². The smallest absolute Gasteiger partial charge is 0.259 e. The lowest BCUT2D eigenvalue weighted by molar-refractivity contribution is -0.124. The first-order chi connectivity index (χ1) is 9.69. The molecule has 114 valence electrons. The van der Waals surface area contributed by atoms with Crippen LogP contribution in [-0.2, 0) is 4.79 Å². The van der Waals surface area contributed by atoms with E-state index in [4.69, 9.17) is 4.74 Å². The zero-order chi connectivity index (χ0) is 16.2. The highest BCUT2D eigenvalue weighted by Crippen LogP contribution is 2.24. The molecule has 0 saturated heterocycles. The van der Waals surface area contributed by atoms with Crippen LogP contribution in [0, 0.1) is 38.0 Å². The molecule has 1 N–H and O–H groups in total. The van der Waals surface area contributed by atoms with Crippen LogP contribution in [0.2, 0.25) is 0 Å². The SMILES string of the molecule is Cc1cc(C)c(OCC(=O)N[C@](C)(C#N)C(C)C)c(C)c1. The lowest BCUT2D eigenvalue weighted by atomic mass is 9.90. The molecule has 0 radical (unpaired) electrons. The van der Waals surface area contributed by atoms with Gasteiger partial charge in [-0.1, -0.05) is 31.5 Å². The summed E-state index contributed by atoms with van der Waals surface area (Å²) in [6.45, 7) is 11.4. The number of amides is 1. The predicted molar refractivity (Wildman–Crippen MR) is 83.1 cm³/mol. The average molecular weight is 288 g/mol. The van der Waals surface area contributed by atoms with E-state index in [-0.39, 0.29) is 18.4 Å². The fourth-order valence-electron chi connectivity index (χ4n) is 2.16. The van der Waals surface area contributed by atoms with Gasteiger partial charge in [0.15, 0.2) is 6.61 Å². The van der Waals surface area contributed by atoms with Crippen LogP contribution in [0.5, 0.6) is 5.75 Å². The Hall–Kier alpha value is -2.02. The van der Waals surface area contributed by atoms with Crippen LogP contribution < -0.4 is 10.1 Å². The summed E-state index contributed by atoms with van der Waals surface area (Å²) in [6, 6.07) is 6.19. The van der Waals surface area contributed by atoms with Gasteiger partial charge in [-0.2, -0.15) is 5.26 Å². The maximum absolute atomic E-state index is 12.0. The van der Waals surface area contributed by atoms with Gasteiger partial charge in [0.1, 0.15) is 11.3 Å². The molecule has 0 unspecified atom stereocenters. The molecular weight excluding hydrogens is 264 g/mol. The van der Waals surface area contributed by atoms with E-state index in [1.807, 2.05) is 46.8 Å². The Bertz CT molecular complexity index is 550. The third kappa shape index (κ3) is 4.22. The molecular formula is C17H24N2O2. The molecule has 0 bridgehead atoms. The fourth-order valence-corrected chi connectivity index (χ4v) is 2.16. The molecule has 0 aromatic heterocycles. The largest absolute Gasteiger partial charge is 0.483 e. The number of aryl methyl sites for hydroxylation is 3. The highest BCUT2D eigenvalue weighted by molar-refractivity contribution is 5.79. The highest BCUT2D eigenvalue weighted by atomic mass is 16.5. The first-order valence-corrected chi connectivity index (χ1v) is 7.12.